The van der Waals surface area contributed by atoms with Gasteiger partial charge in [-0.2, -0.15) is 0 Å². The molecule has 2 rings (SSSR count). The predicted molar refractivity (Wildman–Crippen MR) is 68.4 cm³/mol. The van der Waals surface area contributed by atoms with Crippen LogP contribution in [0.2, 0.25) is 0 Å². The SMILES string of the molecule is CC(C)C(c1ccccc1)N(C)C1CNC1. The fourth-order valence-corrected chi connectivity index (χ4v) is 2.53. The van der Waals surface area contributed by atoms with Crippen LogP contribution in [0, 0.1) is 5.92 Å². The number of rotatable bonds is 4. The highest BCUT2D eigenvalue weighted by molar-refractivity contribution is 5.20. The molecular weight excluding hydrogens is 196 g/mol. The molecule has 1 aromatic rings. The van der Waals surface area contributed by atoms with Crippen LogP contribution in [0.1, 0.15) is 25.5 Å². The van der Waals surface area contributed by atoms with Gasteiger partial charge in [-0.15, -0.1) is 0 Å². The third-order valence-electron chi connectivity index (χ3n) is 3.55. The molecule has 1 saturated heterocycles. The van der Waals surface area contributed by atoms with Crippen molar-refractivity contribution in [3.8, 4) is 0 Å². The maximum absolute atomic E-state index is 3.35. The van der Waals surface area contributed by atoms with E-state index in [1.807, 2.05) is 0 Å². The second-order valence-corrected chi connectivity index (χ2v) is 5.08. The summed E-state index contributed by atoms with van der Waals surface area (Å²) in [5.41, 5.74) is 1.44. The minimum atomic E-state index is 0.535. The molecule has 1 N–H and O–H groups in total. The highest BCUT2D eigenvalue weighted by atomic mass is 15.2. The second kappa shape index (κ2) is 4.98. The Bertz CT molecular complexity index is 317. The van der Waals surface area contributed by atoms with Crippen LogP contribution in [0.15, 0.2) is 30.3 Å². The van der Waals surface area contributed by atoms with Gasteiger partial charge in [-0.1, -0.05) is 44.2 Å². The largest absolute Gasteiger partial charge is 0.314 e. The topological polar surface area (TPSA) is 15.3 Å². The molecule has 0 aliphatic carbocycles. The molecule has 0 aromatic heterocycles. The smallest absolute Gasteiger partial charge is 0.0371 e. The quantitative estimate of drug-likeness (QED) is 0.834. The van der Waals surface area contributed by atoms with E-state index in [2.05, 4.69) is 61.4 Å². The molecule has 0 bridgehead atoms. The minimum absolute atomic E-state index is 0.535. The molecule has 1 aliphatic rings. The molecule has 0 saturated carbocycles. The Morgan fingerprint density at radius 1 is 1.19 bits per heavy atom. The summed E-state index contributed by atoms with van der Waals surface area (Å²) < 4.78 is 0. The van der Waals surface area contributed by atoms with Crippen molar-refractivity contribution in [1.82, 2.24) is 10.2 Å². The summed E-state index contributed by atoms with van der Waals surface area (Å²) in [6.07, 6.45) is 0. The third-order valence-corrected chi connectivity index (χ3v) is 3.55. The molecule has 1 fully saturated rings. The van der Waals surface area contributed by atoms with Crippen molar-refractivity contribution in [2.45, 2.75) is 25.9 Å². The third kappa shape index (κ3) is 2.28. The van der Waals surface area contributed by atoms with E-state index < -0.39 is 0 Å². The highest BCUT2D eigenvalue weighted by Gasteiger charge is 2.29. The summed E-state index contributed by atoms with van der Waals surface area (Å²) in [5.74, 6) is 0.646. The summed E-state index contributed by atoms with van der Waals surface area (Å²) in [6, 6.07) is 12.1. The van der Waals surface area contributed by atoms with Gasteiger partial charge < -0.3 is 5.32 Å². The predicted octanol–water partition coefficient (Wildman–Crippen LogP) is 2.29. The Hall–Kier alpha value is -0.860. The van der Waals surface area contributed by atoms with E-state index in [1.165, 1.54) is 5.56 Å². The monoisotopic (exact) mass is 218 g/mol. The van der Waals surface area contributed by atoms with Crippen molar-refractivity contribution >= 4 is 0 Å². The first kappa shape index (κ1) is 11.6. The highest BCUT2D eigenvalue weighted by Crippen LogP contribution is 2.29. The van der Waals surface area contributed by atoms with Gasteiger partial charge in [0.2, 0.25) is 0 Å². The van der Waals surface area contributed by atoms with Crippen molar-refractivity contribution in [1.29, 1.82) is 0 Å². The Morgan fingerprint density at radius 2 is 1.81 bits per heavy atom. The standard InChI is InChI=1S/C14H22N2/c1-11(2)14(12-7-5-4-6-8-12)16(3)13-9-15-10-13/h4-8,11,13-15H,9-10H2,1-3H3. The Morgan fingerprint density at radius 3 is 2.25 bits per heavy atom. The van der Waals surface area contributed by atoms with E-state index in [4.69, 9.17) is 0 Å². The van der Waals surface area contributed by atoms with E-state index in [0.29, 0.717) is 18.0 Å². The number of hydrogen-bond acceptors (Lipinski definition) is 2. The van der Waals surface area contributed by atoms with Crippen molar-refractivity contribution in [3.63, 3.8) is 0 Å². The molecule has 2 heteroatoms. The minimum Gasteiger partial charge on any atom is -0.314 e. The Kier molecular flexibility index (Phi) is 3.62. The van der Waals surface area contributed by atoms with Crippen molar-refractivity contribution in [3.05, 3.63) is 35.9 Å². The van der Waals surface area contributed by atoms with Crippen molar-refractivity contribution in [2.75, 3.05) is 20.1 Å². The first-order valence-corrected chi connectivity index (χ1v) is 6.17. The molecule has 1 aliphatic heterocycles. The molecule has 1 atom stereocenters. The lowest BCUT2D eigenvalue weighted by atomic mass is 9.92. The first-order chi connectivity index (χ1) is 7.70. The lowest BCUT2D eigenvalue weighted by Gasteiger charge is -2.42. The van der Waals surface area contributed by atoms with Gasteiger partial charge in [0.25, 0.3) is 0 Å². The van der Waals surface area contributed by atoms with Crippen LogP contribution in [0.3, 0.4) is 0 Å². The number of nitrogens with zero attached hydrogens (tertiary/aromatic N) is 1. The molecule has 0 amide bonds. The molecule has 1 heterocycles. The summed E-state index contributed by atoms with van der Waals surface area (Å²) in [4.78, 5) is 2.52. The van der Waals surface area contributed by atoms with Gasteiger partial charge in [0.05, 0.1) is 0 Å². The molecule has 1 aromatic carbocycles. The summed E-state index contributed by atoms with van der Waals surface area (Å²) >= 11 is 0. The average Bonchev–Trinajstić information content (AvgIpc) is 2.16. The molecule has 0 radical (unpaired) electrons. The number of hydrogen-bond donors (Lipinski definition) is 1. The maximum Gasteiger partial charge on any atom is 0.0371 e. The van der Waals surface area contributed by atoms with Gasteiger partial charge in [0.15, 0.2) is 0 Å². The van der Waals surface area contributed by atoms with Crippen LogP contribution in [0.4, 0.5) is 0 Å². The first-order valence-electron chi connectivity index (χ1n) is 6.17. The van der Waals surface area contributed by atoms with Gasteiger partial charge >= 0.3 is 0 Å². The lowest BCUT2D eigenvalue weighted by Crippen LogP contribution is -2.57. The van der Waals surface area contributed by atoms with Crippen molar-refractivity contribution in [2.24, 2.45) is 5.92 Å². The van der Waals surface area contributed by atoms with Gasteiger partial charge in [-0.25, -0.2) is 0 Å². The van der Waals surface area contributed by atoms with Crippen LogP contribution < -0.4 is 5.32 Å². The fourth-order valence-electron chi connectivity index (χ4n) is 2.53. The number of likely N-dealkylation sites (N-methyl/N-ethyl adjacent to an activating group) is 1. The Labute approximate surface area is 98.7 Å². The second-order valence-electron chi connectivity index (χ2n) is 5.08. The molecule has 16 heavy (non-hydrogen) atoms. The van der Waals surface area contributed by atoms with Gasteiger partial charge in [-0.05, 0) is 18.5 Å². The van der Waals surface area contributed by atoms with E-state index >= 15 is 0 Å². The van der Waals surface area contributed by atoms with Crippen molar-refractivity contribution < 1.29 is 0 Å². The Balaban J connectivity index is 2.16. The van der Waals surface area contributed by atoms with Gasteiger partial charge in [0, 0.05) is 25.2 Å². The molecular formula is C14H22N2. The van der Waals surface area contributed by atoms with Gasteiger partial charge in [0.1, 0.15) is 0 Å². The number of nitrogens with one attached hydrogen (secondary N) is 1. The zero-order valence-corrected chi connectivity index (χ0v) is 10.5. The number of benzene rings is 1. The van der Waals surface area contributed by atoms with Crippen LogP contribution >= 0.6 is 0 Å². The molecule has 2 nitrogen and oxygen atoms in total. The molecule has 88 valence electrons. The maximum atomic E-state index is 3.35. The van der Waals surface area contributed by atoms with Crippen LogP contribution in [-0.4, -0.2) is 31.1 Å². The lowest BCUT2D eigenvalue weighted by molar-refractivity contribution is 0.0993. The summed E-state index contributed by atoms with van der Waals surface area (Å²) in [5, 5.41) is 3.35. The van der Waals surface area contributed by atoms with E-state index in [9.17, 15) is 0 Å². The van der Waals surface area contributed by atoms with Crippen LogP contribution in [-0.2, 0) is 0 Å². The molecule has 1 unspecified atom stereocenters. The van der Waals surface area contributed by atoms with E-state index in [1.54, 1.807) is 0 Å². The zero-order chi connectivity index (χ0) is 11.5. The average molecular weight is 218 g/mol. The molecule has 0 spiro atoms. The van der Waals surface area contributed by atoms with E-state index in [0.717, 1.165) is 13.1 Å². The summed E-state index contributed by atoms with van der Waals surface area (Å²) in [7, 11) is 2.25. The van der Waals surface area contributed by atoms with E-state index in [-0.39, 0.29) is 0 Å². The zero-order valence-electron chi connectivity index (χ0n) is 10.5. The van der Waals surface area contributed by atoms with Crippen LogP contribution in [0.25, 0.3) is 0 Å². The van der Waals surface area contributed by atoms with Gasteiger partial charge in [-0.3, -0.25) is 4.90 Å². The fraction of sp³-hybridized carbons (Fsp3) is 0.571. The van der Waals surface area contributed by atoms with Crippen LogP contribution in [0.5, 0.6) is 0 Å². The normalized spacial score (nSPS) is 18.8. The summed E-state index contributed by atoms with van der Waals surface area (Å²) in [6.45, 7) is 6.87.